The van der Waals surface area contributed by atoms with E-state index in [1.54, 1.807) is 0 Å². The summed E-state index contributed by atoms with van der Waals surface area (Å²) < 4.78 is 24.0. The van der Waals surface area contributed by atoms with Gasteiger partial charge in [-0.05, 0) is 44.1 Å². The minimum absolute atomic E-state index is 0.0106. The summed E-state index contributed by atoms with van der Waals surface area (Å²) in [5, 5.41) is 0. The maximum absolute atomic E-state index is 11.5. The van der Waals surface area contributed by atoms with Gasteiger partial charge in [-0.25, -0.2) is 8.42 Å². The summed E-state index contributed by atoms with van der Waals surface area (Å²) in [7, 11) is -0.828. The number of nitrogens with zero attached hydrogens (tertiary/aromatic N) is 1. The molecule has 0 radical (unpaired) electrons. The number of benzene rings is 1. The molecule has 20 heavy (non-hydrogen) atoms. The largest absolute Gasteiger partial charge is 0.324 e. The van der Waals surface area contributed by atoms with Crippen LogP contribution in [0.5, 0.6) is 0 Å². The molecule has 112 valence electrons. The van der Waals surface area contributed by atoms with Crippen LogP contribution in [0.1, 0.15) is 24.4 Å². The number of sulfone groups is 1. The van der Waals surface area contributed by atoms with Crippen LogP contribution < -0.4 is 5.73 Å². The molecule has 0 bridgehead atoms. The van der Waals surface area contributed by atoms with Gasteiger partial charge >= 0.3 is 0 Å². The van der Waals surface area contributed by atoms with Gasteiger partial charge in [-0.3, -0.25) is 0 Å². The fourth-order valence-corrected chi connectivity index (χ4v) is 4.59. The average molecular weight is 361 g/mol. The van der Waals surface area contributed by atoms with Crippen LogP contribution >= 0.6 is 15.9 Å². The predicted molar refractivity (Wildman–Crippen MR) is 85.4 cm³/mol. The molecule has 1 aliphatic rings. The molecule has 1 fully saturated rings. The topological polar surface area (TPSA) is 63.4 Å². The molecule has 0 aliphatic carbocycles. The third kappa shape index (κ3) is 4.28. The molecule has 0 spiro atoms. The van der Waals surface area contributed by atoms with Crippen molar-refractivity contribution < 1.29 is 8.42 Å². The highest BCUT2D eigenvalue weighted by Crippen LogP contribution is 2.20. The van der Waals surface area contributed by atoms with Crippen LogP contribution in [0, 0.1) is 0 Å². The Hall–Kier alpha value is -0.430. The van der Waals surface area contributed by atoms with Crippen LogP contribution in [0.2, 0.25) is 0 Å². The zero-order valence-electron chi connectivity index (χ0n) is 11.6. The van der Waals surface area contributed by atoms with E-state index in [-0.39, 0.29) is 17.8 Å². The normalized spacial score (nSPS) is 23.1. The molecule has 4 nitrogen and oxygen atoms in total. The van der Waals surface area contributed by atoms with Crippen molar-refractivity contribution in [3.8, 4) is 0 Å². The fraction of sp³-hybridized carbons (Fsp3) is 0.571. The van der Waals surface area contributed by atoms with E-state index in [2.05, 4.69) is 20.8 Å². The van der Waals surface area contributed by atoms with Crippen molar-refractivity contribution in [2.75, 3.05) is 25.1 Å². The van der Waals surface area contributed by atoms with E-state index in [1.807, 2.05) is 31.3 Å². The summed E-state index contributed by atoms with van der Waals surface area (Å²) in [6.07, 6.45) is 1.57. The van der Waals surface area contributed by atoms with Crippen LogP contribution in [0.25, 0.3) is 0 Å². The molecule has 0 amide bonds. The van der Waals surface area contributed by atoms with Gasteiger partial charge in [0.05, 0.1) is 11.5 Å². The molecule has 2 N–H and O–H groups in total. The third-order valence-corrected chi connectivity index (χ3v) is 6.20. The summed E-state index contributed by atoms with van der Waals surface area (Å²) >= 11 is 3.41. The van der Waals surface area contributed by atoms with Crippen molar-refractivity contribution in [1.82, 2.24) is 4.90 Å². The predicted octanol–water partition coefficient (Wildman–Crippen LogP) is 1.96. The molecule has 1 aromatic carbocycles. The van der Waals surface area contributed by atoms with Crippen molar-refractivity contribution >= 4 is 25.8 Å². The summed E-state index contributed by atoms with van der Waals surface area (Å²) in [5.74, 6) is 0.609. The van der Waals surface area contributed by atoms with E-state index in [4.69, 9.17) is 5.73 Å². The molecule has 0 aromatic heterocycles. The first kappa shape index (κ1) is 15.9. The molecule has 1 saturated heterocycles. The highest BCUT2D eigenvalue weighted by molar-refractivity contribution is 9.10. The zero-order chi connectivity index (χ0) is 14.8. The highest BCUT2D eigenvalue weighted by Gasteiger charge is 2.30. The number of rotatable bonds is 5. The van der Waals surface area contributed by atoms with Crippen LogP contribution in [0.15, 0.2) is 28.7 Å². The molecule has 2 unspecified atom stereocenters. The van der Waals surface area contributed by atoms with Gasteiger partial charge in [-0.1, -0.05) is 28.1 Å². The maximum Gasteiger partial charge on any atom is 0.151 e. The summed E-state index contributed by atoms with van der Waals surface area (Å²) in [5.41, 5.74) is 7.30. The lowest BCUT2D eigenvalue weighted by molar-refractivity contribution is 0.252. The molecule has 2 rings (SSSR count). The monoisotopic (exact) mass is 360 g/mol. The fourth-order valence-electron chi connectivity index (χ4n) is 2.52. The first-order valence-electron chi connectivity index (χ1n) is 6.79. The first-order chi connectivity index (χ1) is 9.37. The van der Waals surface area contributed by atoms with Gasteiger partial charge in [0.2, 0.25) is 0 Å². The Kier molecular flexibility index (Phi) is 5.23. The van der Waals surface area contributed by atoms with E-state index >= 15 is 0 Å². The lowest BCUT2D eigenvalue weighted by atomic mass is 10.0. The van der Waals surface area contributed by atoms with E-state index < -0.39 is 9.84 Å². The molecular weight excluding hydrogens is 340 g/mol. The van der Waals surface area contributed by atoms with Crippen LogP contribution in [-0.2, 0) is 9.84 Å². The lowest BCUT2D eigenvalue weighted by Gasteiger charge is -2.24. The van der Waals surface area contributed by atoms with Gasteiger partial charge in [-0.2, -0.15) is 0 Å². The minimum Gasteiger partial charge on any atom is -0.324 e. The highest BCUT2D eigenvalue weighted by atomic mass is 79.9. The Morgan fingerprint density at radius 1 is 1.40 bits per heavy atom. The average Bonchev–Trinajstić information content (AvgIpc) is 2.77. The van der Waals surface area contributed by atoms with Crippen LogP contribution in [-0.4, -0.2) is 44.5 Å². The van der Waals surface area contributed by atoms with Gasteiger partial charge < -0.3 is 10.6 Å². The summed E-state index contributed by atoms with van der Waals surface area (Å²) in [6.45, 7) is 0.817. The Bertz CT molecular complexity index is 545. The van der Waals surface area contributed by atoms with E-state index in [0.717, 1.165) is 29.4 Å². The number of hydrogen-bond donors (Lipinski definition) is 1. The number of hydrogen-bond acceptors (Lipinski definition) is 4. The van der Waals surface area contributed by atoms with Crippen molar-refractivity contribution in [2.24, 2.45) is 5.73 Å². The quantitative estimate of drug-likeness (QED) is 0.871. The van der Waals surface area contributed by atoms with Crippen molar-refractivity contribution in [2.45, 2.75) is 24.9 Å². The zero-order valence-corrected chi connectivity index (χ0v) is 14.0. The Morgan fingerprint density at radius 2 is 2.05 bits per heavy atom. The van der Waals surface area contributed by atoms with Crippen molar-refractivity contribution in [3.05, 3.63) is 34.3 Å². The molecule has 1 aliphatic heterocycles. The Balaban J connectivity index is 1.84. The standard InChI is InChI=1S/C14H21BrN2O2S/c1-17(13-7-9-20(18,19)10-13)8-6-14(16)11-2-4-12(15)5-3-11/h2-5,13-14H,6-10,16H2,1H3. The number of nitrogens with two attached hydrogens (primary N) is 1. The Morgan fingerprint density at radius 3 is 2.60 bits per heavy atom. The van der Waals surface area contributed by atoms with Gasteiger partial charge in [0.1, 0.15) is 0 Å². The first-order valence-corrected chi connectivity index (χ1v) is 9.40. The van der Waals surface area contributed by atoms with Crippen LogP contribution in [0.3, 0.4) is 0 Å². The van der Waals surface area contributed by atoms with Crippen molar-refractivity contribution in [1.29, 1.82) is 0 Å². The SMILES string of the molecule is CN(CCC(N)c1ccc(Br)cc1)C1CCS(=O)(=O)C1. The van der Waals surface area contributed by atoms with E-state index in [0.29, 0.717) is 5.75 Å². The van der Waals surface area contributed by atoms with Gasteiger partial charge in [0.25, 0.3) is 0 Å². The maximum atomic E-state index is 11.5. The molecule has 1 aromatic rings. The molecule has 1 heterocycles. The summed E-state index contributed by atoms with van der Waals surface area (Å²) in [6, 6.07) is 8.16. The smallest absolute Gasteiger partial charge is 0.151 e. The molecular formula is C14H21BrN2O2S. The molecule has 0 saturated carbocycles. The molecule has 2 atom stereocenters. The van der Waals surface area contributed by atoms with Gasteiger partial charge in [0.15, 0.2) is 9.84 Å². The number of halogens is 1. The second-order valence-electron chi connectivity index (χ2n) is 5.48. The summed E-state index contributed by atoms with van der Waals surface area (Å²) in [4.78, 5) is 2.13. The van der Waals surface area contributed by atoms with Crippen molar-refractivity contribution in [3.63, 3.8) is 0 Å². The van der Waals surface area contributed by atoms with E-state index in [9.17, 15) is 8.42 Å². The second-order valence-corrected chi connectivity index (χ2v) is 8.63. The molecule has 6 heteroatoms. The lowest BCUT2D eigenvalue weighted by Crippen LogP contribution is -2.34. The van der Waals surface area contributed by atoms with Gasteiger partial charge in [0, 0.05) is 16.6 Å². The second kappa shape index (κ2) is 6.56. The van der Waals surface area contributed by atoms with E-state index in [1.165, 1.54) is 0 Å². The third-order valence-electron chi connectivity index (χ3n) is 3.92. The van der Waals surface area contributed by atoms with Gasteiger partial charge in [-0.15, -0.1) is 0 Å². The van der Waals surface area contributed by atoms with Crippen LogP contribution in [0.4, 0.5) is 0 Å². The minimum atomic E-state index is -2.81. The Labute approximate surface area is 129 Å².